The summed E-state index contributed by atoms with van der Waals surface area (Å²) in [5, 5.41) is 15.8. The lowest BCUT2D eigenvalue weighted by Gasteiger charge is -2.57. The molecular formula is C18H28N4OS2. The third-order valence-corrected chi connectivity index (χ3v) is 8.07. The molecule has 1 atom stereocenters. The van der Waals surface area contributed by atoms with Crippen LogP contribution in [0.1, 0.15) is 58.8 Å². The maximum absolute atomic E-state index is 12.8. The molecule has 1 unspecified atom stereocenters. The number of thioether (sulfide) groups is 1. The molecule has 0 aromatic carbocycles. The van der Waals surface area contributed by atoms with Gasteiger partial charge < -0.3 is 10.6 Å². The van der Waals surface area contributed by atoms with E-state index in [2.05, 4.69) is 27.8 Å². The minimum Gasteiger partial charge on any atom is -0.360 e. The van der Waals surface area contributed by atoms with Crippen LogP contribution >= 0.6 is 23.1 Å². The zero-order valence-electron chi connectivity index (χ0n) is 15.1. The summed E-state index contributed by atoms with van der Waals surface area (Å²) in [6, 6.07) is 0. The molecule has 0 saturated heterocycles. The molecule has 7 heteroatoms. The van der Waals surface area contributed by atoms with Gasteiger partial charge in [0, 0.05) is 12.1 Å². The molecule has 5 nitrogen and oxygen atoms in total. The Morgan fingerprint density at radius 2 is 1.88 bits per heavy atom. The summed E-state index contributed by atoms with van der Waals surface area (Å²) < 4.78 is 0.867. The van der Waals surface area contributed by atoms with Crippen LogP contribution in [-0.2, 0) is 4.79 Å². The molecule has 25 heavy (non-hydrogen) atoms. The van der Waals surface area contributed by atoms with Crippen molar-refractivity contribution < 1.29 is 4.79 Å². The van der Waals surface area contributed by atoms with Gasteiger partial charge in [0.2, 0.25) is 11.0 Å². The first-order valence-electron chi connectivity index (χ1n) is 9.61. The molecule has 1 aromatic rings. The van der Waals surface area contributed by atoms with Gasteiger partial charge in [0.25, 0.3) is 0 Å². The van der Waals surface area contributed by atoms with Crippen LogP contribution < -0.4 is 10.6 Å². The van der Waals surface area contributed by atoms with E-state index in [0.717, 1.165) is 40.2 Å². The first kappa shape index (κ1) is 17.6. The molecular weight excluding hydrogens is 352 g/mol. The Morgan fingerprint density at radius 1 is 1.24 bits per heavy atom. The Morgan fingerprint density at radius 3 is 2.48 bits per heavy atom. The summed E-state index contributed by atoms with van der Waals surface area (Å²) in [4.78, 5) is 12.8. The first-order chi connectivity index (χ1) is 12.0. The highest BCUT2D eigenvalue weighted by molar-refractivity contribution is 8.02. The topological polar surface area (TPSA) is 66.9 Å². The van der Waals surface area contributed by atoms with E-state index in [4.69, 9.17) is 0 Å². The van der Waals surface area contributed by atoms with Crippen molar-refractivity contribution in [2.45, 2.75) is 73.9 Å². The van der Waals surface area contributed by atoms with Crippen LogP contribution in [0.25, 0.3) is 0 Å². The Kier molecular flexibility index (Phi) is 4.97. The van der Waals surface area contributed by atoms with E-state index in [-0.39, 0.29) is 16.7 Å². The lowest BCUT2D eigenvalue weighted by molar-refractivity contribution is -0.126. The fraction of sp³-hybridized carbons (Fsp3) is 0.833. The van der Waals surface area contributed by atoms with Crippen molar-refractivity contribution in [3.05, 3.63) is 0 Å². The van der Waals surface area contributed by atoms with E-state index in [9.17, 15) is 4.79 Å². The van der Waals surface area contributed by atoms with Gasteiger partial charge in [-0.05, 0) is 69.6 Å². The highest BCUT2D eigenvalue weighted by Gasteiger charge is 2.51. The lowest BCUT2D eigenvalue weighted by atomic mass is 9.53. The van der Waals surface area contributed by atoms with Crippen LogP contribution in [0.4, 0.5) is 5.13 Å². The second-order valence-electron chi connectivity index (χ2n) is 8.25. The maximum Gasteiger partial charge on any atom is 0.233 e. The van der Waals surface area contributed by atoms with Crippen molar-refractivity contribution >= 4 is 34.1 Å². The van der Waals surface area contributed by atoms with Crippen molar-refractivity contribution in [1.29, 1.82) is 0 Å². The van der Waals surface area contributed by atoms with Crippen molar-refractivity contribution in [3.8, 4) is 0 Å². The Bertz CT molecular complexity index is 597. The third-order valence-electron chi connectivity index (χ3n) is 6.01. The molecule has 0 aliphatic heterocycles. The fourth-order valence-electron chi connectivity index (χ4n) is 5.39. The molecule has 0 spiro atoms. The molecule has 4 aliphatic rings. The SMILES string of the molecule is CCCNc1nnc(SC(C)C(=O)NC23CC4CC(CC(C4)C2)C3)s1. The minimum absolute atomic E-state index is 0.0929. The van der Waals surface area contributed by atoms with Gasteiger partial charge in [-0.1, -0.05) is 30.0 Å². The molecule has 4 bridgehead atoms. The molecule has 138 valence electrons. The number of hydrogen-bond donors (Lipinski definition) is 2. The summed E-state index contributed by atoms with van der Waals surface area (Å²) >= 11 is 3.07. The van der Waals surface area contributed by atoms with E-state index in [1.165, 1.54) is 61.6 Å². The van der Waals surface area contributed by atoms with Gasteiger partial charge in [-0.25, -0.2) is 0 Å². The van der Waals surface area contributed by atoms with Crippen LogP contribution in [0.3, 0.4) is 0 Å². The number of hydrogen-bond acceptors (Lipinski definition) is 6. The number of carbonyl (C=O) groups excluding carboxylic acids is 1. The maximum atomic E-state index is 12.8. The molecule has 1 aromatic heterocycles. The number of nitrogens with one attached hydrogen (secondary N) is 2. The second kappa shape index (κ2) is 7.06. The number of carbonyl (C=O) groups is 1. The van der Waals surface area contributed by atoms with E-state index in [0.29, 0.717) is 0 Å². The van der Waals surface area contributed by atoms with Gasteiger partial charge in [0.15, 0.2) is 4.34 Å². The summed E-state index contributed by atoms with van der Waals surface area (Å²) in [5.74, 6) is 2.73. The van der Waals surface area contributed by atoms with Gasteiger partial charge in [-0.15, -0.1) is 10.2 Å². The van der Waals surface area contributed by atoms with Crippen LogP contribution in [0.5, 0.6) is 0 Å². The van der Waals surface area contributed by atoms with E-state index >= 15 is 0 Å². The largest absolute Gasteiger partial charge is 0.360 e. The number of aromatic nitrogens is 2. The number of rotatable bonds is 7. The Hall–Kier alpha value is -0.820. The van der Waals surface area contributed by atoms with Crippen molar-refractivity contribution in [2.75, 3.05) is 11.9 Å². The molecule has 4 saturated carbocycles. The van der Waals surface area contributed by atoms with Crippen molar-refractivity contribution in [2.24, 2.45) is 17.8 Å². The molecule has 4 aliphatic carbocycles. The molecule has 1 heterocycles. The molecule has 1 amide bonds. The van der Waals surface area contributed by atoms with Gasteiger partial charge in [0.1, 0.15) is 0 Å². The van der Waals surface area contributed by atoms with E-state index < -0.39 is 0 Å². The second-order valence-corrected chi connectivity index (χ2v) is 10.8. The molecule has 5 rings (SSSR count). The van der Waals surface area contributed by atoms with Gasteiger partial charge >= 0.3 is 0 Å². The third kappa shape index (κ3) is 3.82. The molecule has 0 radical (unpaired) electrons. The first-order valence-corrected chi connectivity index (χ1v) is 11.3. The normalized spacial score (nSPS) is 34.1. The smallest absolute Gasteiger partial charge is 0.233 e. The van der Waals surface area contributed by atoms with Crippen LogP contribution in [0.2, 0.25) is 0 Å². The quantitative estimate of drug-likeness (QED) is 0.702. The van der Waals surface area contributed by atoms with Crippen LogP contribution in [0.15, 0.2) is 4.34 Å². The Labute approximate surface area is 158 Å². The number of amides is 1. The Balaban J connectivity index is 1.34. The van der Waals surface area contributed by atoms with E-state index in [1.54, 1.807) is 0 Å². The average Bonchev–Trinajstić information content (AvgIpc) is 2.98. The zero-order valence-corrected chi connectivity index (χ0v) is 16.7. The average molecular weight is 381 g/mol. The molecule has 4 fully saturated rings. The molecule has 2 N–H and O–H groups in total. The zero-order chi connectivity index (χ0) is 17.4. The fourth-order valence-corrected chi connectivity index (χ4v) is 7.31. The monoisotopic (exact) mass is 380 g/mol. The van der Waals surface area contributed by atoms with Crippen molar-refractivity contribution in [3.63, 3.8) is 0 Å². The highest BCUT2D eigenvalue weighted by atomic mass is 32.2. The van der Waals surface area contributed by atoms with Crippen molar-refractivity contribution in [1.82, 2.24) is 15.5 Å². The van der Waals surface area contributed by atoms with E-state index in [1.807, 2.05) is 6.92 Å². The predicted molar refractivity (Wildman–Crippen MR) is 103 cm³/mol. The van der Waals surface area contributed by atoms with Gasteiger partial charge in [-0.2, -0.15) is 0 Å². The predicted octanol–water partition coefficient (Wildman–Crippen LogP) is 3.93. The summed E-state index contributed by atoms with van der Waals surface area (Å²) in [6.07, 6.45) is 8.86. The lowest BCUT2D eigenvalue weighted by Crippen LogP contribution is -2.60. The van der Waals surface area contributed by atoms with Crippen LogP contribution in [-0.4, -0.2) is 33.4 Å². The van der Waals surface area contributed by atoms with Crippen LogP contribution in [0, 0.1) is 17.8 Å². The standard InChI is InChI=1S/C18H28N4OS2/c1-3-4-19-16-21-22-17(25-16)24-11(2)15(23)20-18-8-12-5-13(9-18)7-14(6-12)10-18/h11-14H,3-10H2,1-2H3,(H,19,21)(H,20,23). The highest BCUT2D eigenvalue weighted by Crippen LogP contribution is 2.55. The summed E-state index contributed by atoms with van der Waals surface area (Å²) in [7, 11) is 0. The summed E-state index contributed by atoms with van der Waals surface area (Å²) in [6.45, 7) is 5.02. The van der Waals surface area contributed by atoms with Gasteiger partial charge in [0.05, 0.1) is 5.25 Å². The number of nitrogens with zero attached hydrogens (tertiary/aromatic N) is 2. The number of anilines is 1. The summed E-state index contributed by atoms with van der Waals surface area (Å²) in [5.41, 5.74) is 0.0929. The van der Waals surface area contributed by atoms with Gasteiger partial charge in [-0.3, -0.25) is 4.79 Å². The minimum atomic E-state index is -0.125.